The lowest BCUT2D eigenvalue weighted by atomic mass is 9.93. The van der Waals surface area contributed by atoms with E-state index in [9.17, 15) is 9.59 Å². The minimum atomic E-state index is -0.545. The molecule has 0 fully saturated rings. The number of ether oxygens (including phenoxy) is 2. The number of alkyl carbamates (subject to hydrolysis) is 1. The van der Waals surface area contributed by atoms with E-state index in [1.807, 2.05) is 34.6 Å². The summed E-state index contributed by atoms with van der Waals surface area (Å²) in [5.74, 6) is 0.271. The third kappa shape index (κ3) is 9.79. The summed E-state index contributed by atoms with van der Waals surface area (Å²) in [6, 6.07) is 0. The highest BCUT2D eigenvalue weighted by atomic mass is 16.6. The van der Waals surface area contributed by atoms with E-state index >= 15 is 0 Å². The van der Waals surface area contributed by atoms with Crippen LogP contribution in [0, 0.1) is 0 Å². The minimum absolute atomic E-state index is 0.250. The molecule has 0 bridgehead atoms. The summed E-state index contributed by atoms with van der Waals surface area (Å²) in [4.78, 5) is 27.4. The number of aliphatic imine (C=N–C) groups is 1. The third-order valence-corrected chi connectivity index (χ3v) is 3.79. The normalized spacial score (nSPS) is 12.4. The second-order valence-electron chi connectivity index (χ2n) is 6.79. The van der Waals surface area contributed by atoms with Crippen molar-refractivity contribution in [3.05, 3.63) is 0 Å². The average Bonchev–Trinajstić information content (AvgIpc) is 2.54. The Hall–Kier alpha value is -1.99. The van der Waals surface area contributed by atoms with E-state index in [2.05, 4.69) is 25.7 Å². The molecular weight excluding hydrogens is 324 g/mol. The van der Waals surface area contributed by atoms with Gasteiger partial charge in [-0.05, 0) is 33.6 Å². The molecule has 146 valence electrons. The first kappa shape index (κ1) is 23.0. The number of guanidine groups is 1. The fraction of sp³-hybridized carbons (Fsp3) is 0.824. The number of rotatable bonds is 8. The molecule has 0 saturated heterocycles. The molecule has 0 aromatic heterocycles. The van der Waals surface area contributed by atoms with Crippen LogP contribution in [0.15, 0.2) is 4.99 Å². The number of esters is 1. The predicted molar refractivity (Wildman–Crippen MR) is 98.7 cm³/mol. The molecule has 0 aromatic rings. The van der Waals surface area contributed by atoms with Gasteiger partial charge in [0.2, 0.25) is 0 Å². The molecule has 8 heteroatoms. The fourth-order valence-electron chi connectivity index (χ4n) is 2.10. The predicted octanol–water partition coefficient (Wildman–Crippen LogP) is 1.80. The minimum Gasteiger partial charge on any atom is -0.469 e. The van der Waals surface area contributed by atoms with Crippen molar-refractivity contribution in [3.63, 3.8) is 0 Å². The van der Waals surface area contributed by atoms with Crippen molar-refractivity contribution in [3.8, 4) is 0 Å². The van der Waals surface area contributed by atoms with Gasteiger partial charge in [-0.1, -0.05) is 13.8 Å². The summed E-state index contributed by atoms with van der Waals surface area (Å²) in [6.07, 6.45) is 1.27. The zero-order chi connectivity index (χ0) is 19.5. The summed E-state index contributed by atoms with van der Waals surface area (Å²) in [5.41, 5.74) is -1.00. The van der Waals surface area contributed by atoms with Gasteiger partial charge in [-0.25, -0.2) is 4.79 Å². The number of hydrogen-bond donors (Lipinski definition) is 3. The van der Waals surface area contributed by atoms with E-state index in [0.29, 0.717) is 19.0 Å². The molecule has 0 aliphatic carbocycles. The van der Waals surface area contributed by atoms with Crippen LogP contribution in [-0.4, -0.2) is 56.4 Å². The van der Waals surface area contributed by atoms with Gasteiger partial charge in [0.25, 0.3) is 0 Å². The van der Waals surface area contributed by atoms with Crippen molar-refractivity contribution in [2.75, 3.05) is 27.2 Å². The highest BCUT2D eigenvalue weighted by Gasteiger charge is 2.30. The zero-order valence-corrected chi connectivity index (χ0v) is 16.6. The first-order valence-electron chi connectivity index (χ1n) is 8.64. The third-order valence-electron chi connectivity index (χ3n) is 3.79. The number of nitrogens with zero attached hydrogens (tertiary/aromatic N) is 1. The standard InChI is InChI=1S/C17H34N4O4/c1-8-17(9-2,21-15(23)25-16(3,4)5)12-20-14(18-6)19-11-10-13(22)24-7/h8-12H2,1-7H3,(H,21,23)(H2,18,19,20). The Morgan fingerprint density at radius 2 is 1.68 bits per heavy atom. The smallest absolute Gasteiger partial charge is 0.408 e. The Labute approximate surface area is 151 Å². The number of methoxy groups -OCH3 is 1. The molecule has 3 N–H and O–H groups in total. The van der Waals surface area contributed by atoms with Crippen molar-refractivity contribution in [2.45, 2.75) is 65.0 Å². The maximum absolute atomic E-state index is 12.1. The lowest BCUT2D eigenvalue weighted by Crippen LogP contribution is -2.57. The topological polar surface area (TPSA) is 101 Å². The van der Waals surface area contributed by atoms with Crippen LogP contribution >= 0.6 is 0 Å². The summed E-state index contributed by atoms with van der Waals surface area (Å²) < 4.78 is 9.96. The number of carbonyl (C=O) groups excluding carboxylic acids is 2. The molecule has 0 rings (SSSR count). The molecule has 25 heavy (non-hydrogen) atoms. The van der Waals surface area contributed by atoms with Crippen LogP contribution in [0.4, 0.5) is 4.79 Å². The summed E-state index contributed by atoms with van der Waals surface area (Å²) in [5, 5.41) is 9.20. The van der Waals surface area contributed by atoms with E-state index < -0.39 is 17.2 Å². The van der Waals surface area contributed by atoms with E-state index in [1.54, 1.807) is 7.05 Å². The van der Waals surface area contributed by atoms with Crippen molar-refractivity contribution < 1.29 is 19.1 Å². The van der Waals surface area contributed by atoms with Crippen LogP contribution in [0.1, 0.15) is 53.9 Å². The lowest BCUT2D eigenvalue weighted by molar-refractivity contribution is -0.140. The summed E-state index contributed by atoms with van der Waals surface area (Å²) >= 11 is 0. The SMILES string of the molecule is CCC(CC)(CNC(=NC)NCCC(=O)OC)NC(=O)OC(C)(C)C. The molecule has 8 nitrogen and oxygen atoms in total. The Kier molecular flexibility index (Phi) is 9.93. The molecule has 0 heterocycles. The quantitative estimate of drug-likeness (QED) is 0.347. The van der Waals surface area contributed by atoms with Gasteiger partial charge in [0.05, 0.1) is 19.1 Å². The summed E-state index contributed by atoms with van der Waals surface area (Å²) in [7, 11) is 3.00. The Morgan fingerprint density at radius 1 is 1.08 bits per heavy atom. The van der Waals surface area contributed by atoms with E-state index in [4.69, 9.17) is 4.74 Å². The van der Waals surface area contributed by atoms with Crippen LogP contribution < -0.4 is 16.0 Å². The molecule has 0 aromatic carbocycles. The molecule has 0 saturated carbocycles. The Bertz CT molecular complexity index is 454. The zero-order valence-electron chi connectivity index (χ0n) is 16.6. The largest absolute Gasteiger partial charge is 0.469 e. The van der Waals surface area contributed by atoms with Crippen LogP contribution in [0.5, 0.6) is 0 Å². The molecule has 0 spiro atoms. The second-order valence-corrected chi connectivity index (χ2v) is 6.79. The monoisotopic (exact) mass is 358 g/mol. The van der Waals surface area contributed by atoms with Gasteiger partial charge in [0.1, 0.15) is 5.60 Å². The molecule has 0 aliphatic heterocycles. The Balaban J connectivity index is 4.67. The number of hydrogen-bond acceptors (Lipinski definition) is 5. The molecular formula is C17H34N4O4. The van der Waals surface area contributed by atoms with Crippen molar-refractivity contribution in [1.82, 2.24) is 16.0 Å². The van der Waals surface area contributed by atoms with Gasteiger partial charge in [-0.2, -0.15) is 0 Å². The number of nitrogens with one attached hydrogen (secondary N) is 3. The highest BCUT2D eigenvalue weighted by molar-refractivity contribution is 5.80. The first-order chi connectivity index (χ1) is 11.6. The van der Waals surface area contributed by atoms with Crippen molar-refractivity contribution >= 4 is 18.0 Å². The highest BCUT2D eigenvalue weighted by Crippen LogP contribution is 2.16. The lowest BCUT2D eigenvalue weighted by Gasteiger charge is -2.34. The van der Waals surface area contributed by atoms with E-state index in [-0.39, 0.29) is 12.4 Å². The Morgan fingerprint density at radius 3 is 2.12 bits per heavy atom. The van der Waals surface area contributed by atoms with Gasteiger partial charge < -0.3 is 25.4 Å². The van der Waals surface area contributed by atoms with Crippen LogP contribution in [0.3, 0.4) is 0 Å². The molecule has 0 radical (unpaired) electrons. The number of carbonyl (C=O) groups is 2. The van der Waals surface area contributed by atoms with E-state index in [1.165, 1.54) is 7.11 Å². The maximum atomic E-state index is 12.1. The van der Waals surface area contributed by atoms with Gasteiger partial charge in [-0.15, -0.1) is 0 Å². The van der Waals surface area contributed by atoms with Gasteiger partial charge in [0.15, 0.2) is 5.96 Å². The molecule has 1 amide bonds. The van der Waals surface area contributed by atoms with Crippen LogP contribution in [-0.2, 0) is 14.3 Å². The van der Waals surface area contributed by atoms with Gasteiger partial charge >= 0.3 is 12.1 Å². The van der Waals surface area contributed by atoms with Crippen LogP contribution in [0.25, 0.3) is 0 Å². The molecule has 0 aliphatic rings. The maximum Gasteiger partial charge on any atom is 0.408 e. The second kappa shape index (κ2) is 10.8. The average molecular weight is 358 g/mol. The van der Waals surface area contributed by atoms with E-state index in [0.717, 1.165) is 12.8 Å². The van der Waals surface area contributed by atoms with Gasteiger partial charge in [-0.3, -0.25) is 9.79 Å². The van der Waals surface area contributed by atoms with Crippen LogP contribution in [0.2, 0.25) is 0 Å². The summed E-state index contributed by atoms with van der Waals surface area (Å²) in [6.45, 7) is 10.4. The van der Waals surface area contributed by atoms with Gasteiger partial charge in [0, 0.05) is 20.1 Å². The van der Waals surface area contributed by atoms with Crippen molar-refractivity contribution in [2.24, 2.45) is 4.99 Å². The number of amides is 1. The first-order valence-corrected chi connectivity index (χ1v) is 8.64. The molecule has 0 atom stereocenters. The van der Waals surface area contributed by atoms with Crippen molar-refractivity contribution in [1.29, 1.82) is 0 Å². The molecule has 0 unspecified atom stereocenters. The fourth-order valence-corrected chi connectivity index (χ4v) is 2.10.